The molecule has 2 fully saturated rings. The minimum Gasteiger partial charge on any atom is -0.299 e. The minimum absolute atomic E-state index is 0.0913. The molecule has 2 heterocycles. The number of likely N-dealkylation sites (tertiary alicyclic amines) is 2. The van der Waals surface area contributed by atoms with Crippen LogP contribution in [0.1, 0.15) is 49.7 Å². The van der Waals surface area contributed by atoms with Crippen molar-refractivity contribution in [2.24, 2.45) is 0 Å². The molecule has 0 amide bonds. The van der Waals surface area contributed by atoms with Gasteiger partial charge in [-0.05, 0) is 87.3 Å². The second-order valence-electron chi connectivity index (χ2n) is 8.03. The van der Waals surface area contributed by atoms with E-state index in [1.54, 1.807) is 7.14 Å². The normalized spacial score (nSPS) is 19.3. The van der Waals surface area contributed by atoms with E-state index in [1.807, 2.05) is 0 Å². The summed E-state index contributed by atoms with van der Waals surface area (Å²) in [5.74, 6) is 0. The van der Waals surface area contributed by atoms with Crippen LogP contribution < -0.4 is 21.2 Å². The summed E-state index contributed by atoms with van der Waals surface area (Å²) in [4.78, 5) is 5.25. The number of nitrogens with zero attached hydrogens (tertiary/aromatic N) is 2. The fourth-order valence-corrected chi connectivity index (χ4v) is 6.87. The molecule has 2 aromatic rings. The SMILES string of the molecule is c1cc(CN2CCCCC2)cc([I+]c2cccc(CN3CCCCC3)c2)c1. The fourth-order valence-electron chi connectivity index (χ4n) is 4.27. The first-order valence-electron chi connectivity index (χ1n) is 10.6. The number of benzene rings is 2. The van der Waals surface area contributed by atoms with Gasteiger partial charge in [-0.3, -0.25) is 9.80 Å². The van der Waals surface area contributed by atoms with E-state index in [-0.39, 0.29) is 21.2 Å². The Morgan fingerprint density at radius 2 is 1.04 bits per heavy atom. The molecule has 3 heteroatoms. The highest BCUT2D eigenvalue weighted by Gasteiger charge is 2.18. The van der Waals surface area contributed by atoms with E-state index in [0.29, 0.717) is 0 Å². The summed E-state index contributed by atoms with van der Waals surface area (Å²) in [6.07, 6.45) is 8.31. The zero-order valence-corrected chi connectivity index (χ0v) is 18.5. The fraction of sp³-hybridized carbons (Fsp3) is 0.500. The Balaban J connectivity index is 1.38. The number of hydrogen-bond acceptors (Lipinski definition) is 2. The molecule has 0 saturated carbocycles. The molecule has 4 rings (SSSR count). The minimum atomic E-state index is -0.0913. The first kappa shape index (κ1) is 19.4. The molecule has 2 aliphatic rings. The lowest BCUT2D eigenvalue weighted by atomic mass is 10.1. The predicted octanol–water partition coefficient (Wildman–Crippen LogP) is 1.79. The highest BCUT2D eigenvalue weighted by Crippen LogP contribution is 2.13. The number of rotatable bonds is 6. The molecule has 0 unspecified atom stereocenters. The first-order valence-corrected chi connectivity index (χ1v) is 12.8. The third-order valence-corrected chi connectivity index (χ3v) is 8.29. The zero-order chi connectivity index (χ0) is 18.3. The van der Waals surface area contributed by atoms with Crippen molar-refractivity contribution in [3.63, 3.8) is 0 Å². The zero-order valence-electron chi connectivity index (χ0n) is 16.4. The molecule has 2 saturated heterocycles. The van der Waals surface area contributed by atoms with Crippen molar-refractivity contribution in [2.45, 2.75) is 51.6 Å². The Bertz CT molecular complexity index is 656. The molecule has 27 heavy (non-hydrogen) atoms. The molecule has 2 aromatic carbocycles. The molecule has 0 bridgehead atoms. The molecular weight excluding hydrogens is 443 g/mol. The summed E-state index contributed by atoms with van der Waals surface area (Å²) in [6.45, 7) is 7.37. The number of hydrogen-bond donors (Lipinski definition) is 0. The van der Waals surface area contributed by atoms with Crippen molar-refractivity contribution in [3.05, 3.63) is 66.8 Å². The Hall–Kier alpha value is -0.910. The van der Waals surface area contributed by atoms with Gasteiger partial charge in [0.15, 0.2) is 7.14 Å². The average Bonchev–Trinajstić information content (AvgIpc) is 2.70. The monoisotopic (exact) mass is 475 g/mol. The molecule has 0 radical (unpaired) electrons. The van der Waals surface area contributed by atoms with Crippen LogP contribution in [0.25, 0.3) is 0 Å². The molecule has 144 valence electrons. The van der Waals surface area contributed by atoms with Gasteiger partial charge >= 0.3 is 21.2 Å². The second kappa shape index (κ2) is 10.0. The third kappa shape index (κ3) is 6.03. The van der Waals surface area contributed by atoms with Gasteiger partial charge in [0.05, 0.1) is 0 Å². The number of piperidine rings is 2. The smallest absolute Gasteiger partial charge is 0.299 e. The second-order valence-corrected chi connectivity index (χ2v) is 11.1. The summed E-state index contributed by atoms with van der Waals surface area (Å²) in [7, 11) is 0. The summed E-state index contributed by atoms with van der Waals surface area (Å²) in [6, 6.07) is 18.8. The standard InChI is InChI=1S/C24H32IN2/c1-3-13-26(14-4-1)19-21-9-7-11-23(17-21)25-24-12-8-10-22(18-24)20-27-15-5-2-6-16-27/h7-12,17-18H,1-6,13-16,19-20H2/q+1. The van der Waals surface area contributed by atoms with Gasteiger partial charge in [-0.1, -0.05) is 37.1 Å². The predicted molar refractivity (Wildman–Crippen MR) is 109 cm³/mol. The Morgan fingerprint density at radius 1 is 0.593 bits per heavy atom. The van der Waals surface area contributed by atoms with Crippen molar-refractivity contribution in [1.29, 1.82) is 0 Å². The van der Waals surface area contributed by atoms with Crippen molar-refractivity contribution in [1.82, 2.24) is 9.80 Å². The van der Waals surface area contributed by atoms with Crippen LogP contribution >= 0.6 is 0 Å². The Morgan fingerprint density at radius 3 is 1.48 bits per heavy atom. The van der Waals surface area contributed by atoms with E-state index in [9.17, 15) is 0 Å². The third-order valence-electron chi connectivity index (χ3n) is 5.71. The molecular formula is C24H32IN2+. The number of halogens is 1. The van der Waals surface area contributed by atoms with E-state index in [0.717, 1.165) is 13.1 Å². The maximum Gasteiger partial charge on any atom is 0.357 e. The van der Waals surface area contributed by atoms with Gasteiger partial charge in [-0.15, -0.1) is 0 Å². The lowest BCUT2D eigenvalue weighted by Crippen LogP contribution is -3.61. The maximum atomic E-state index is 2.63. The van der Waals surface area contributed by atoms with Gasteiger partial charge in [-0.25, -0.2) is 0 Å². The average molecular weight is 475 g/mol. The summed E-state index contributed by atoms with van der Waals surface area (Å²) >= 11 is -0.0913. The highest BCUT2D eigenvalue weighted by molar-refractivity contribution is 5.16. The van der Waals surface area contributed by atoms with Crippen LogP contribution in [0.4, 0.5) is 0 Å². The van der Waals surface area contributed by atoms with Crippen molar-refractivity contribution < 1.29 is 21.2 Å². The van der Waals surface area contributed by atoms with Gasteiger partial charge in [0.2, 0.25) is 0 Å². The van der Waals surface area contributed by atoms with Gasteiger partial charge < -0.3 is 0 Å². The molecule has 2 aliphatic heterocycles. The molecule has 0 atom stereocenters. The van der Waals surface area contributed by atoms with E-state index in [4.69, 9.17) is 0 Å². The molecule has 0 aromatic heterocycles. The summed E-state index contributed by atoms with van der Waals surface area (Å²) in [5, 5.41) is 0. The highest BCUT2D eigenvalue weighted by atomic mass is 127. The van der Waals surface area contributed by atoms with E-state index < -0.39 is 0 Å². The lowest BCUT2D eigenvalue weighted by Gasteiger charge is -2.26. The van der Waals surface area contributed by atoms with Gasteiger partial charge in [0.1, 0.15) is 0 Å². The first-order chi connectivity index (χ1) is 13.3. The van der Waals surface area contributed by atoms with Gasteiger partial charge in [-0.2, -0.15) is 0 Å². The van der Waals surface area contributed by atoms with Crippen LogP contribution in [-0.2, 0) is 13.1 Å². The van der Waals surface area contributed by atoms with E-state index >= 15 is 0 Å². The quantitative estimate of drug-likeness (QED) is 0.588. The van der Waals surface area contributed by atoms with Crippen molar-refractivity contribution in [3.8, 4) is 0 Å². The van der Waals surface area contributed by atoms with Crippen LogP contribution in [0.3, 0.4) is 0 Å². The topological polar surface area (TPSA) is 6.48 Å². The van der Waals surface area contributed by atoms with Crippen LogP contribution in [0, 0.1) is 7.14 Å². The summed E-state index contributed by atoms with van der Waals surface area (Å²) < 4.78 is 3.11. The van der Waals surface area contributed by atoms with Crippen LogP contribution in [0.5, 0.6) is 0 Å². The van der Waals surface area contributed by atoms with Gasteiger partial charge in [0, 0.05) is 13.1 Å². The van der Waals surface area contributed by atoms with Crippen LogP contribution in [0.15, 0.2) is 48.5 Å². The van der Waals surface area contributed by atoms with Crippen molar-refractivity contribution in [2.75, 3.05) is 26.2 Å². The van der Waals surface area contributed by atoms with Crippen LogP contribution in [0.2, 0.25) is 0 Å². The Kier molecular flexibility index (Phi) is 7.21. The molecule has 0 N–H and O–H groups in total. The molecule has 2 nitrogen and oxygen atoms in total. The van der Waals surface area contributed by atoms with Crippen LogP contribution in [-0.4, -0.2) is 36.0 Å². The Labute approximate surface area is 175 Å². The largest absolute Gasteiger partial charge is 0.357 e. The summed E-state index contributed by atoms with van der Waals surface area (Å²) in [5.41, 5.74) is 3.00. The van der Waals surface area contributed by atoms with E-state index in [2.05, 4.69) is 58.3 Å². The van der Waals surface area contributed by atoms with Gasteiger partial charge in [0.25, 0.3) is 0 Å². The van der Waals surface area contributed by atoms with E-state index in [1.165, 1.54) is 75.8 Å². The maximum absolute atomic E-state index is 2.63. The molecule has 0 aliphatic carbocycles. The molecule has 0 spiro atoms. The van der Waals surface area contributed by atoms with Crippen molar-refractivity contribution >= 4 is 0 Å². The lowest BCUT2D eigenvalue weighted by molar-refractivity contribution is -0.597.